The predicted octanol–water partition coefficient (Wildman–Crippen LogP) is 0.656. The van der Waals surface area contributed by atoms with Crippen molar-refractivity contribution < 1.29 is 4.79 Å². The summed E-state index contributed by atoms with van der Waals surface area (Å²) in [6.45, 7) is 9.38. The Morgan fingerprint density at radius 3 is 2.65 bits per heavy atom. The largest absolute Gasteiger partial charge is 0.335 e. The van der Waals surface area contributed by atoms with Gasteiger partial charge in [-0.25, -0.2) is 4.98 Å². The molecule has 92 valence electrons. The van der Waals surface area contributed by atoms with Crippen molar-refractivity contribution in [3.63, 3.8) is 0 Å². The lowest BCUT2D eigenvalue weighted by Crippen LogP contribution is -2.31. The Balaban J connectivity index is 2.77. The highest BCUT2D eigenvalue weighted by Crippen LogP contribution is 2.03. The van der Waals surface area contributed by atoms with Crippen molar-refractivity contribution >= 4 is 5.91 Å². The first-order valence-electron chi connectivity index (χ1n) is 5.45. The zero-order chi connectivity index (χ0) is 12.7. The number of amides is 1. The van der Waals surface area contributed by atoms with Crippen molar-refractivity contribution in [1.82, 2.24) is 14.5 Å². The lowest BCUT2D eigenvalue weighted by Gasteiger charge is -2.17. The molecule has 0 aliphatic heterocycles. The first-order valence-corrected chi connectivity index (χ1v) is 5.45. The van der Waals surface area contributed by atoms with Crippen LogP contribution < -0.4 is 5.73 Å². The van der Waals surface area contributed by atoms with Crippen LogP contribution in [-0.4, -0.2) is 40.0 Å². The van der Waals surface area contributed by atoms with Crippen LogP contribution in [0.2, 0.25) is 0 Å². The van der Waals surface area contributed by atoms with Gasteiger partial charge in [0.15, 0.2) is 0 Å². The fourth-order valence-corrected chi connectivity index (χ4v) is 1.46. The second-order valence-corrected chi connectivity index (χ2v) is 3.57. The van der Waals surface area contributed by atoms with Gasteiger partial charge in [0.1, 0.15) is 5.69 Å². The van der Waals surface area contributed by atoms with Crippen LogP contribution in [0.25, 0.3) is 0 Å². The summed E-state index contributed by atoms with van der Waals surface area (Å²) in [5.41, 5.74) is 5.85. The Bertz CT molecular complexity index is 387. The van der Waals surface area contributed by atoms with E-state index in [0.29, 0.717) is 31.9 Å². The Hall–Kier alpha value is -1.88. The lowest BCUT2D eigenvalue weighted by atomic mass is 10.3. The van der Waals surface area contributed by atoms with Gasteiger partial charge in [-0.2, -0.15) is 0 Å². The average Bonchev–Trinajstić information content (AvgIpc) is 2.77. The van der Waals surface area contributed by atoms with Gasteiger partial charge in [-0.3, -0.25) is 4.79 Å². The molecule has 1 aromatic rings. The molecule has 0 radical (unpaired) electrons. The number of hydrogen-bond donors (Lipinski definition) is 1. The zero-order valence-electron chi connectivity index (χ0n) is 9.88. The Morgan fingerprint density at radius 2 is 2.12 bits per heavy atom. The van der Waals surface area contributed by atoms with Crippen molar-refractivity contribution in [3.8, 4) is 0 Å². The molecule has 1 aromatic heterocycles. The number of carbonyl (C=O) groups excluding carboxylic acids is 1. The molecule has 1 rings (SSSR count). The van der Waals surface area contributed by atoms with Crippen LogP contribution in [-0.2, 0) is 6.54 Å². The second-order valence-electron chi connectivity index (χ2n) is 3.57. The molecule has 0 saturated carbocycles. The Kier molecular flexibility index (Phi) is 5.16. The monoisotopic (exact) mass is 234 g/mol. The minimum atomic E-state index is -0.124. The molecule has 0 unspecified atom stereocenters. The van der Waals surface area contributed by atoms with E-state index in [2.05, 4.69) is 18.1 Å². The maximum atomic E-state index is 12.1. The summed E-state index contributed by atoms with van der Waals surface area (Å²) < 4.78 is 1.80. The molecular formula is C12H18N4O. The minimum absolute atomic E-state index is 0.124. The van der Waals surface area contributed by atoms with Gasteiger partial charge >= 0.3 is 0 Å². The zero-order valence-corrected chi connectivity index (χ0v) is 9.88. The summed E-state index contributed by atoms with van der Waals surface area (Å²) in [7, 11) is 0. The third-order valence-electron chi connectivity index (χ3n) is 2.23. The standard InChI is InChI=1S/C12H18N4O/c1-3-6-16(7-4-2)12(17)11-9-15(8-5-13)10-14-11/h3-4,9-10H,1-2,5-8,13H2. The molecule has 0 bridgehead atoms. The fourth-order valence-electron chi connectivity index (χ4n) is 1.46. The smallest absolute Gasteiger partial charge is 0.274 e. The highest BCUT2D eigenvalue weighted by molar-refractivity contribution is 5.92. The van der Waals surface area contributed by atoms with E-state index in [0.717, 1.165) is 0 Å². The highest BCUT2D eigenvalue weighted by Gasteiger charge is 2.15. The van der Waals surface area contributed by atoms with Crippen LogP contribution in [0.15, 0.2) is 37.8 Å². The molecule has 0 fully saturated rings. The Morgan fingerprint density at radius 1 is 1.47 bits per heavy atom. The number of imidazole rings is 1. The number of nitrogens with two attached hydrogens (primary N) is 1. The maximum absolute atomic E-state index is 12.1. The molecule has 2 N–H and O–H groups in total. The normalized spacial score (nSPS) is 9.94. The molecule has 1 heterocycles. The number of hydrogen-bond acceptors (Lipinski definition) is 3. The van der Waals surface area contributed by atoms with Crippen LogP contribution >= 0.6 is 0 Å². The van der Waals surface area contributed by atoms with Gasteiger partial charge in [-0.05, 0) is 0 Å². The highest BCUT2D eigenvalue weighted by atomic mass is 16.2. The number of aromatic nitrogens is 2. The summed E-state index contributed by atoms with van der Waals surface area (Å²) in [5.74, 6) is -0.124. The maximum Gasteiger partial charge on any atom is 0.274 e. The first-order chi connectivity index (χ1) is 8.22. The molecule has 0 aliphatic carbocycles. The van der Waals surface area contributed by atoms with E-state index in [4.69, 9.17) is 5.73 Å². The lowest BCUT2D eigenvalue weighted by molar-refractivity contribution is 0.0785. The van der Waals surface area contributed by atoms with Crippen LogP contribution in [0.1, 0.15) is 10.5 Å². The molecular weight excluding hydrogens is 216 g/mol. The van der Waals surface area contributed by atoms with Gasteiger partial charge in [0, 0.05) is 32.4 Å². The quantitative estimate of drug-likeness (QED) is 0.705. The van der Waals surface area contributed by atoms with Gasteiger partial charge in [0.05, 0.1) is 6.33 Å². The van der Waals surface area contributed by atoms with Gasteiger partial charge in [-0.1, -0.05) is 12.2 Å². The van der Waals surface area contributed by atoms with E-state index < -0.39 is 0 Å². The van der Waals surface area contributed by atoms with E-state index in [1.165, 1.54) is 0 Å². The summed E-state index contributed by atoms with van der Waals surface area (Å²) in [5, 5.41) is 0. The first kappa shape index (κ1) is 13.2. The fraction of sp³-hybridized carbons (Fsp3) is 0.333. The second kappa shape index (κ2) is 6.65. The van der Waals surface area contributed by atoms with Crippen LogP contribution in [0.4, 0.5) is 0 Å². The van der Waals surface area contributed by atoms with E-state index >= 15 is 0 Å². The van der Waals surface area contributed by atoms with Crippen molar-refractivity contribution in [3.05, 3.63) is 43.5 Å². The summed E-state index contributed by atoms with van der Waals surface area (Å²) >= 11 is 0. The average molecular weight is 234 g/mol. The third-order valence-corrected chi connectivity index (χ3v) is 2.23. The molecule has 5 heteroatoms. The van der Waals surface area contributed by atoms with Crippen molar-refractivity contribution in [1.29, 1.82) is 0 Å². The topological polar surface area (TPSA) is 64.2 Å². The van der Waals surface area contributed by atoms with E-state index in [1.54, 1.807) is 34.1 Å². The Labute approximate surface area is 101 Å². The third kappa shape index (κ3) is 3.57. The molecule has 5 nitrogen and oxygen atoms in total. The van der Waals surface area contributed by atoms with Crippen molar-refractivity contribution in [2.45, 2.75) is 6.54 Å². The van der Waals surface area contributed by atoms with Gasteiger partial charge in [-0.15, -0.1) is 13.2 Å². The number of carbonyl (C=O) groups is 1. The van der Waals surface area contributed by atoms with E-state index in [-0.39, 0.29) is 5.91 Å². The van der Waals surface area contributed by atoms with Crippen LogP contribution in [0.3, 0.4) is 0 Å². The van der Waals surface area contributed by atoms with Gasteiger partial charge < -0.3 is 15.2 Å². The van der Waals surface area contributed by atoms with Gasteiger partial charge in [0.25, 0.3) is 5.91 Å². The number of rotatable bonds is 7. The van der Waals surface area contributed by atoms with Crippen molar-refractivity contribution in [2.24, 2.45) is 5.73 Å². The molecule has 0 aromatic carbocycles. The summed E-state index contributed by atoms with van der Waals surface area (Å²) in [4.78, 5) is 17.8. The van der Waals surface area contributed by atoms with Crippen LogP contribution in [0, 0.1) is 0 Å². The summed E-state index contributed by atoms with van der Waals surface area (Å²) in [6, 6.07) is 0. The predicted molar refractivity (Wildman–Crippen MR) is 67.6 cm³/mol. The number of nitrogens with zero attached hydrogens (tertiary/aromatic N) is 3. The van der Waals surface area contributed by atoms with E-state index in [1.807, 2.05) is 0 Å². The minimum Gasteiger partial charge on any atom is -0.335 e. The molecule has 0 atom stereocenters. The molecule has 1 amide bonds. The molecule has 17 heavy (non-hydrogen) atoms. The molecule has 0 aliphatic rings. The van der Waals surface area contributed by atoms with Crippen LogP contribution in [0.5, 0.6) is 0 Å². The van der Waals surface area contributed by atoms with Gasteiger partial charge in [0.2, 0.25) is 0 Å². The molecule has 0 saturated heterocycles. The molecule has 0 spiro atoms. The summed E-state index contributed by atoms with van der Waals surface area (Å²) in [6.07, 6.45) is 6.67. The SMILES string of the molecule is C=CCN(CC=C)C(=O)c1cn(CCN)cn1. The van der Waals surface area contributed by atoms with Crippen molar-refractivity contribution in [2.75, 3.05) is 19.6 Å². The van der Waals surface area contributed by atoms with E-state index in [9.17, 15) is 4.79 Å².